The van der Waals surface area contributed by atoms with Crippen molar-refractivity contribution in [2.24, 2.45) is 0 Å². The van der Waals surface area contributed by atoms with Crippen LogP contribution in [0, 0.1) is 13.8 Å². The Morgan fingerprint density at radius 1 is 0.846 bits per heavy atom. The second kappa shape index (κ2) is 11.4. The molecular weight excluding hydrogens is 320 g/mol. The molecule has 0 spiro atoms. The number of unbranched alkanes of at least 4 members (excludes halogenated alkanes) is 8. The van der Waals surface area contributed by atoms with E-state index in [0.29, 0.717) is 0 Å². The number of nitrogens with zero attached hydrogens (tertiary/aromatic N) is 2. The molecule has 0 aliphatic heterocycles. The normalized spacial score (nSPS) is 11.5. The van der Waals surface area contributed by atoms with E-state index in [1.807, 2.05) is 0 Å². The van der Waals surface area contributed by atoms with E-state index in [0.717, 1.165) is 30.7 Å². The maximum atomic E-state index is 9.20. The van der Waals surface area contributed by atoms with E-state index in [4.69, 9.17) is 4.98 Å². The van der Waals surface area contributed by atoms with Crippen LogP contribution in [0.2, 0.25) is 0 Å². The van der Waals surface area contributed by atoms with Gasteiger partial charge in [-0.05, 0) is 49.9 Å². The summed E-state index contributed by atoms with van der Waals surface area (Å²) in [7, 11) is 0. The number of imidazole rings is 1. The Hall–Kier alpha value is -1.35. The van der Waals surface area contributed by atoms with E-state index in [-0.39, 0.29) is 6.61 Å². The highest BCUT2D eigenvalue weighted by atomic mass is 16.2. The quantitative estimate of drug-likeness (QED) is 0.439. The monoisotopic (exact) mass is 358 g/mol. The molecule has 0 unspecified atom stereocenters. The molecule has 1 heterocycles. The van der Waals surface area contributed by atoms with Crippen LogP contribution < -0.4 is 0 Å². The van der Waals surface area contributed by atoms with E-state index in [1.54, 1.807) is 0 Å². The third-order valence-corrected chi connectivity index (χ3v) is 5.49. The van der Waals surface area contributed by atoms with E-state index in [2.05, 4.69) is 37.5 Å². The molecule has 0 bridgehead atoms. The average Bonchev–Trinajstić information content (AvgIpc) is 2.95. The maximum Gasteiger partial charge on any atom is 0.109 e. The minimum Gasteiger partial charge on any atom is -0.396 e. The summed E-state index contributed by atoms with van der Waals surface area (Å²) in [6, 6.07) is 4.49. The van der Waals surface area contributed by atoms with Crippen LogP contribution in [-0.4, -0.2) is 21.3 Å². The van der Waals surface area contributed by atoms with Crippen LogP contribution >= 0.6 is 0 Å². The van der Waals surface area contributed by atoms with Crippen LogP contribution in [0.15, 0.2) is 12.1 Å². The van der Waals surface area contributed by atoms with Crippen molar-refractivity contribution in [3.8, 4) is 0 Å². The summed E-state index contributed by atoms with van der Waals surface area (Å²) in [5, 5.41) is 9.20. The molecule has 0 aliphatic rings. The molecule has 0 saturated carbocycles. The van der Waals surface area contributed by atoms with Gasteiger partial charge in [-0.2, -0.15) is 0 Å². The van der Waals surface area contributed by atoms with Gasteiger partial charge in [-0.3, -0.25) is 0 Å². The fourth-order valence-electron chi connectivity index (χ4n) is 3.69. The van der Waals surface area contributed by atoms with Gasteiger partial charge in [0.15, 0.2) is 0 Å². The van der Waals surface area contributed by atoms with Crippen LogP contribution in [0.4, 0.5) is 0 Å². The Morgan fingerprint density at radius 3 is 2.12 bits per heavy atom. The van der Waals surface area contributed by atoms with Crippen molar-refractivity contribution in [2.45, 2.75) is 97.9 Å². The Labute approximate surface area is 159 Å². The molecule has 3 nitrogen and oxygen atoms in total. The van der Waals surface area contributed by atoms with Crippen LogP contribution in [0.1, 0.15) is 88.1 Å². The SMILES string of the molecule is CCCCCCCCCCCn1c(CCCO)nc2cc(C)c(C)cc21. The highest BCUT2D eigenvalue weighted by molar-refractivity contribution is 5.78. The van der Waals surface area contributed by atoms with Crippen molar-refractivity contribution in [2.75, 3.05) is 6.61 Å². The highest BCUT2D eigenvalue weighted by Gasteiger charge is 2.11. The third kappa shape index (κ3) is 6.12. The fraction of sp³-hybridized carbons (Fsp3) is 0.696. The summed E-state index contributed by atoms with van der Waals surface area (Å²) >= 11 is 0. The zero-order chi connectivity index (χ0) is 18.8. The lowest BCUT2D eigenvalue weighted by Gasteiger charge is -2.10. The minimum absolute atomic E-state index is 0.235. The highest BCUT2D eigenvalue weighted by Crippen LogP contribution is 2.22. The number of hydrogen-bond donors (Lipinski definition) is 1. The summed E-state index contributed by atoms with van der Waals surface area (Å²) in [5.41, 5.74) is 5.01. The summed E-state index contributed by atoms with van der Waals surface area (Å²) in [6.07, 6.45) is 13.8. The largest absolute Gasteiger partial charge is 0.396 e. The van der Waals surface area contributed by atoms with E-state index >= 15 is 0 Å². The number of aromatic nitrogens is 2. The first-order valence-corrected chi connectivity index (χ1v) is 10.7. The van der Waals surface area contributed by atoms with Crippen molar-refractivity contribution in [1.29, 1.82) is 0 Å². The number of benzene rings is 1. The summed E-state index contributed by atoms with van der Waals surface area (Å²) in [5.74, 6) is 1.14. The number of rotatable bonds is 13. The topological polar surface area (TPSA) is 38.0 Å². The van der Waals surface area contributed by atoms with E-state index in [9.17, 15) is 5.11 Å². The van der Waals surface area contributed by atoms with Gasteiger partial charge >= 0.3 is 0 Å². The van der Waals surface area contributed by atoms with E-state index < -0.39 is 0 Å². The average molecular weight is 359 g/mol. The molecule has 2 aromatic rings. The molecule has 1 aromatic heterocycles. The van der Waals surface area contributed by atoms with Crippen LogP contribution in [0.5, 0.6) is 0 Å². The molecule has 3 heteroatoms. The van der Waals surface area contributed by atoms with Crippen LogP contribution in [-0.2, 0) is 13.0 Å². The molecule has 0 radical (unpaired) electrons. The van der Waals surface area contributed by atoms with Gasteiger partial charge in [0.05, 0.1) is 11.0 Å². The molecule has 0 fully saturated rings. The Balaban J connectivity index is 1.89. The zero-order valence-corrected chi connectivity index (χ0v) is 17.2. The lowest BCUT2D eigenvalue weighted by molar-refractivity contribution is 0.287. The van der Waals surface area contributed by atoms with Crippen LogP contribution in [0.3, 0.4) is 0 Å². The van der Waals surface area contributed by atoms with Gasteiger partial charge in [0.1, 0.15) is 5.82 Å². The standard InChI is InChI=1S/C23H38N2O/c1-4-5-6-7-8-9-10-11-12-15-25-22-18-20(3)19(2)17-21(22)24-23(25)14-13-16-26/h17-18,26H,4-16H2,1-3H3. The molecule has 1 N–H and O–H groups in total. The van der Waals surface area contributed by atoms with Crippen LogP contribution in [0.25, 0.3) is 11.0 Å². The van der Waals surface area contributed by atoms with Gasteiger partial charge < -0.3 is 9.67 Å². The van der Waals surface area contributed by atoms with Gasteiger partial charge in [0.2, 0.25) is 0 Å². The Bertz CT molecular complexity index is 660. The smallest absolute Gasteiger partial charge is 0.109 e. The van der Waals surface area contributed by atoms with Gasteiger partial charge in [-0.1, -0.05) is 58.3 Å². The Morgan fingerprint density at radius 2 is 1.46 bits per heavy atom. The summed E-state index contributed by atoms with van der Waals surface area (Å²) < 4.78 is 2.40. The number of aliphatic hydroxyl groups excluding tert-OH is 1. The number of aryl methyl sites for hydroxylation is 4. The number of fused-ring (bicyclic) bond motifs is 1. The zero-order valence-electron chi connectivity index (χ0n) is 17.2. The second-order valence-corrected chi connectivity index (χ2v) is 7.76. The van der Waals surface area contributed by atoms with Crippen molar-refractivity contribution < 1.29 is 5.11 Å². The first-order valence-electron chi connectivity index (χ1n) is 10.7. The fourth-order valence-corrected chi connectivity index (χ4v) is 3.69. The molecule has 0 atom stereocenters. The molecule has 0 aliphatic carbocycles. The van der Waals surface area contributed by atoms with Crippen molar-refractivity contribution in [3.05, 3.63) is 29.1 Å². The summed E-state index contributed by atoms with van der Waals surface area (Å²) in [4.78, 5) is 4.86. The molecule has 0 amide bonds. The molecule has 1 aromatic carbocycles. The van der Waals surface area contributed by atoms with Gasteiger partial charge in [-0.15, -0.1) is 0 Å². The second-order valence-electron chi connectivity index (χ2n) is 7.76. The first-order chi connectivity index (χ1) is 12.7. The van der Waals surface area contributed by atoms with Crippen molar-refractivity contribution >= 4 is 11.0 Å². The number of aliphatic hydroxyl groups is 1. The third-order valence-electron chi connectivity index (χ3n) is 5.49. The Kier molecular flexibility index (Phi) is 9.17. The lowest BCUT2D eigenvalue weighted by Crippen LogP contribution is -2.05. The minimum atomic E-state index is 0.235. The van der Waals surface area contributed by atoms with Crippen molar-refractivity contribution in [3.63, 3.8) is 0 Å². The van der Waals surface area contributed by atoms with Gasteiger partial charge in [0.25, 0.3) is 0 Å². The predicted molar refractivity (Wildman–Crippen MR) is 112 cm³/mol. The molecule has 2 rings (SSSR count). The summed E-state index contributed by atoms with van der Waals surface area (Å²) in [6.45, 7) is 7.89. The molecule has 0 saturated heterocycles. The van der Waals surface area contributed by atoms with E-state index in [1.165, 1.54) is 74.4 Å². The molecular formula is C23H38N2O. The first kappa shape index (κ1) is 21.0. The van der Waals surface area contributed by atoms with Gasteiger partial charge in [-0.25, -0.2) is 4.98 Å². The maximum absolute atomic E-state index is 9.20. The predicted octanol–water partition coefficient (Wildman–Crippen LogP) is 6.11. The molecule has 146 valence electrons. The molecule has 26 heavy (non-hydrogen) atoms. The van der Waals surface area contributed by atoms with Gasteiger partial charge in [0, 0.05) is 19.6 Å². The number of hydrogen-bond acceptors (Lipinski definition) is 2. The lowest BCUT2D eigenvalue weighted by atomic mass is 10.1. The van der Waals surface area contributed by atoms with Crippen molar-refractivity contribution in [1.82, 2.24) is 9.55 Å².